The number of amidine groups is 1. The predicted octanol–water partition coefficient (Wildman–Crippen LogP) is 1.59. The zero-order valence-corrected chi connectivity index (χ0v) is 8.17. The third kappa shape index (κ3) is 1.86. The van der Waals surface area contributed by atoms with Crippen LogP contribution in [0.3, 0.4) is 0 Å². The van der Waals surface area contributed by atoms with Gasteiger partial charge in [-0.15, -0.1) is 0 Å². The molecule has 0 radical (unpaired) electrons. The van der Waals surface area contributed by atoms with Crippen molar-refractivity contribution in [3.05, 3.63) is 27.5 Å². The van der Waals surface area contributed by atoms with Crippen molar-refractivity contribution in [2.45, 2.75) is 0 Å². The van der Waals surface area contributed by atoms with Crippen LogP contribution in [0, 0.1) is 0 Å². The van der Waals surface area contributed by atoms with Crippen molar-refractivity contribution in [3.63, 3.8) is 0 Å². The first-order valence-electron chi connectivity index (χ1n) is 2.94. The largest absolute Gasteiger partial charge is 0.409 e. The van der Waals surface area contributed by atoms with Gasteiger partial charge in [0.05, 0.1) is 5.02 Å². The fourth-order valence-electron chi connectivity index (χ4n) is 0.650. The number of nitrogens with two attached hydrogens (primary N) is 1. The normalized spacial score (nSPS) is 11.7. The Morgan fingerprint density at radius 1 is 1.75 bits per heavy atom. The Morgan fingerprint density at radius 2 is 2.42 bits per heavy atom. The van der Waals surface area contributed by atoms with E-state index in [-0.39, 0.29) is 11.5 Å². The van der Waals surface area contributed by atoms with Gasteiger partial charge in [0.15, 0.2) is 5.84 Å². The van der Waals surface area contributed by atoms with E-state index < -0.39 is 0 Å². The van der Waals surface area contributed by atoms with Crippen LogP contribution < -0.4 is 5.73 Å². The average Bonchev–Trinajstić information content (AvgIpc) is 2.03. The predicted molar refractivity (Wildman–Crippen MR) is 49.5 cm³/mol. The van der Waals surface area contributed by atoms with Gasteiger partial charge in [-0.1, -0.05) is 16.8 Å². The molecule has 4 nitrogen and oxygen atoms in total. The fraction of sp³-hybridized carbons (Fsp3) is 0. The van der Waals surface area contributed by atoms with Crippen molar-refractivity contribution in [1.82, 2.24) is 4.98 Å². The number of hydrogen-bond acceptors (Lipinski definition) is 3. The zero-order valence-electron chi connectivity index (χ0n) is 5.83. The molecule has 0 saturated heterocycles. The lowest BCUT2D eigenvalue weighted by atomic mass is 10.3. The summed E-state index contributed by atoms with van der Waals surface area (Å²) in [4.78, 5) is 3.85. The van der Waals surface area contributed by atoms with Gasteiger partial charge >= 0.3 is 0 Å². The molecule has 1 rings (SSSR count). The van der Waals surface area contributed by atoms with Crippen molar-refractivity contribution < 1.29 is 5.21 Å². The lowest BCUT2D eigenvalue weighted by Gasteiger charge is -1.99. The van der Waals surface area contributed by atoms with E-state index in [1.165, 1.54) is 6.20 Å². The third-order valence-corrected chi connectivity index (χ3v) is 1.88. The van der Waals surface area contributed by atoms with Crippen LogP contribution in [0.2, 0.25) is 5.02 Å². The summed E-state index contributed by atoms with van der Waals surface area (Å²) in [5.41, 5.74) is 5.55. The lowest BCUT2D eigenvalue weighted by Crippen LogP contribution is -2.15. The van der Waals surface area contributed by atoms with Crippen LogP contribution in [0.25, 0.3) is 0 Å². The highest BCUT2D eigenvalue weighted by Gasteiger charge is 2.06. The molecule has 0 aliphatic rings. The monoisotopic (exact) mass is 249 g/mol. The molecule has 0 atom stereocenters. The van der Waals surface area contributed by atoms with Crippen LogP contribution >= 0.6 is 27.5 Å². The molecule has 0 aliphatic carbocycles. The zero-order chi connectivity index (χ0) is 9.14. The van der Waals surface area contributed by atoms with Crippen LogP contribution in [0.15, 0.2) is 21.9 Å². The van der Waals surface area contributed by atoms with Crippen LogP contribution in [0.5, 0.6) is 0 Å². The number of nitrogens with zero attached hydrogens (tertiary/aromatic N) is 2. The number of oxime groups is 1. The van der Waals surface area contributed by atoms with E-state index in [0.29, 0.717) is 5.02 Å². The molecule has 0 fully saturated rings. The van der Waals surface area contributed by atoms with E-state index in [1.54, 1.807) is 6.07 Å². The highest BCUT2D eigenvalue weighted by Crippen LogP contribution is 2.18. The van der Waals surface area contributed by atoms with Gasteiger partial charge in [0, 0.05) is 10.7 Å². The molecule has 1 aromatic heterocycles. The Labute approximate surface area is 82.2 Å². The summed E-state index contributed by atoms with van der Waals surface area (Å²) in [5.74, 6) is -0.104. The minimum Gasteiger partial charge on any atom is -0.409 e. The van der Waals surface area contributed by atoms with E-state index >= 15 is 0 Å². The van der Waals surface area contributed by atoms with Gasteiger partial charge in [0.2, 0.25) is 0 Å². The van der Waals surface area contributed by atoms with Crippen molar-refractivity contribution in [2.75, 3.05) is 0 Å². The second-order valence-corrected chi connectivity index (χ2v) is 3.29. The van der Waals surface area contributed by atoms with Gasteiger partial charge in [-0.05, 0) is 22.0 Å². The minimum atomic E-state index is -0.104. The van der Waals surface area contributed by atoms with Crippen molar-refractivity contribution in [2.24, 2.45) is 10.9 Å². The first kappa shape index (κ1) is 9.28. The molecule has 0 saturated carbocycles. The van der Waals surface area contributed by atoms with Crippen LogP contribution in [-0.2, 0) is 0 Å². The Kier molecular flexibility index (Phi) is 2.88. The maximum Gasteiger partial charge on any atom is 0.190 e. The molecule has 0 aromatic carbocycles. The molecule has 0 aliphatic heterocycles. The number of aromatic nitrogens is 1. The van der Waals surface area contributed by atoms with Gasteiger partial charge < -0.3 is 10.9 Å². The Balaban J connectivity index is 3.18. The van der Waals surface area contributed by atoms with Crippen LogP contribution in [-0.4, -0.2) is 16.0 Å². The summed E-state index contributed by atoms with van der Waals surface area (Å²) < 4.78 is 0.738. The van der Waals surface area contributed by atoms with E-state index in [4.69, 9.17) is 22.5 Å². The molecular formula is C6H5BrClN3O. The number of halogens is 2. The van der Waals surface area contributed by atoms with E-state index in [0.717, 1.165) is 4.47 Å². The smallest absolute Gasteiger partial charge is 0.190 e. The van der Waals surface area contributed by atoms with Gasteiger partial charge in [-0.2, -0.15) is 0 Å². The van der Waals surface area contributed by atoms with E-state index in [1.807, 2.05) is 0 Å². The summed E-state index contributed by atoms with van der Waals surface area (Å²) in [6.07, 6.45) is 1.51. The lowest BCUT2D eigenvalue weighted by molar-refractivity contribution is 0.318. The Bertz CT molecular complexity index is 329. The average molecular weight is 250 g/mol. The molecule has 6 heteroatoms. The number of rotatable bonds is 1. The third-order valence-electron chi connectivity index (χ3n) is 1.16. The summed E-state index contributed by atoms with van der Waals surface area (Å²) in [6, 6.07) is 1.61. The minimum absolute atomic E-state index is 0.104. The molecule has 64 valence electrons. The van der Waals surface area contributed by atoms with Gasteiger partial charge in [0.1, 0.15) is 5.69 Å². The number of pyridine rings is 1. The summed E-state index contributed by atoms with van der Waals surface area (Å²) in [6.45, 7) is 0. The molecule has 0 bridgehead atoms. The summed E-state index contributed by atoms with van der Waals surface area (Å²) in [5, 5.41) is 11.4. The second-order valence-electron chi connectivity index (χ2n) is 1.97. The van der Waals surface area contributed by atoms with Gasteiger partial charge in [0.25, 0.3) is 0 Å². The van der Waals surface area contributed by atoms with Crippen LogP contribution in [0.1, 0.15) is 5.69 Å². The molecular weight excluding hydrogens is 245 g/mol. The highest BCUT2D eigenvalue weighted by molar-refractivity contribution is 9.10. The summed E-state index contributed by atoms with van der Waals surface area (Å²) in [7, 11) is 0. The quantitative estimate of drug-likeness (QED) is 0.344. The Morgan fingerprint density at radius 3 is 2.92 bits per heavy atom. The maximum atomic E-state index is 8.33. The SMILES string of the molecule is N/C(=N\O)c1ncc(Br)cc1Cl. The molecule has 12 heavy (non-hydrogen) atoms. The molecule has 0 unspecified atom stereocenters. The molecule has 3 N–H and O–H groups in total. The number of hydrogen-bond donors (Lipinski definition) is 2. The van der Waals surface area contributed by atoms with Crippen LogP contribution in [0.4, 0.5) is 0 Å². The second kappa shape index (κ2) is 3.73. The maximum absolute atomic E-state index is 8.33. The van der Waals surface area contributed by atoms with Crippen molar-refractivity contribution in [1.29, 1.82) is 0 Å². The Hall–Kier alpha value is -0.810. The van der Waals surface area contributed by atoms with Gasteiger partial charge in [-0.3, -0.25) is 4.98 Å². The van der Waals surface area contributed by atoms with E-state index in [2.05, 4.69) is 26.1 Å². The fourth-order valence-corrected chi connectivity index (χ4v) is 1.38. The topological polar surface area (TPSA) is 71.5 Å². The standard InChI is InChI=1S/C6H5BrClN3O/c7-3-1-4(8)5(10-2-3)6(9)11-12/h1-2,12H,(H2,9,11). The molecule has 0 amide bonds. The first-order valence-corrected chi connectivity index (χ1v) is 4.11. The van der Waals surface area contributed by atoms with Crippen molar-refractivity contribution in [3.8, 4) is 0 Å². The van der Waals surface area contributed by atoms with E-state index in [9.17, 15) is 0 Å². The van der Waals surface area contributed by atoms with Crippen molar-refractivity contribution >= 4 is 33.4 Å². The molecule has 1 heterocycles. The molecule has 0 spiro atoms. The molecule has 1 aromatic rings. The highest BCUT2D eigenvalue weighted by atomic mass is 79.9. The van der Waals surface area contributed by atoms with Gasteiger partial charge in [-0.25, -0.2) is 0 Å². The first-order chi connectivity index (χ1) is 5.65. The summed E-state index contributed by atoms with van der Waals surface area (Å²) >= 11 is 8.92.